The maximum atomic E-state index is 13.3. The summed E-state index contributed by atoms with van der Waals surface area (Å²) in [5.41, 5.74) is 11.1. The van der Waals surface area contributed by atoms with Gasteiger partial charge in [-0.1, -0.05) is 48.5 Å². The van der Waals surface area contributed by atoms with Gasteiger partial charge in [0.25, 0.3) is 0 Å². The third-order valence-electron chi connectivity index (χ3n) is 6.49. The van der Waals surface area contributed by atoms with Crippen molar-refractivity contribution in [3.8, 4) is 0 Å². The number of para-hydroxylation sites is 2. The third-order valence-corrected chi connectivity index (χ3v) is 6.49. The standard InChI is InChI=1S/C27H29N3O2/c28-22-12-10-20(11-13-22)19-29-16-14-24(15-17-29)32-27(31)26-18-21-6-4-5-9-25(21)30(26)23-7-2-1-3-8-23/h1-13,24,26H,14-19,28H2. The molecule has 3 aromatic carbocycles. The summed E-state index contributed by atoms with van der Waals surface area (Å²) in [5.74, 6) is -0.123. The molecule has 2 N–H and O–H groups in total. The average molecular weight is 428 g/mol. The molecule has 1 unspecified atom stereocenters. The van der Waals surface area contributed by atoms with Gasteiger partial charge in [-0.25, -0.2) is 4.79 Å². The number of likely N-dealkylation sites (tertiary alicyclic amines) is 1. The van der Waals surface area contributed by atoms with Crippen molar-refractivity contribution >= 4 is 23.0 Å². The summed E-state index contributed by atoms with van der Waals surface area (Å²) >= 11 is 0. The number of nitrogens with two attached hydrogens (primary N) is 1. The summed E-state index contributed by atoms with van der Waals surface area (Å²) in [6.07, 6.45) is 2.39. The second-order valence-electron chi connectivity index (χ2n) is 8.71. The van der Waals surface area contributed by atoms with Crippen molar-refractivity contribution in [3.63, 3.8) is 0 Å². The molecule has 2 aliphatic heterocycles. The van der Waals surface area contributed by atoms with Gasteiger partial charge in [0.15, 0.2) is 0 Å². The van der Waals surface area contributed by atoms with E-state index < -0.39 is 0 Å². The van der Waals surface area contributed by atoms with E-state index >= 15 is 0 Å². The van der Waals surface area contributed by atoms with Gasteiger partial charge in [-0.3, -0.25) is 4.90 Å². The molecule has 2 aliphatic rings. The zero-order valence-corrected chi connectivity index (χ0v) is 18.2. The number of hydrogen-bond acceptors (Lipinski definition) is 5. The molecular weight excluding hydrogens is 398 g/mol. The van der Waals surface area contributed by atoms with Crippen LogP contribution in [0.4, 0.5) is 17.1 Å². The fourth-order valence-electron chi connectivity index (χ4n) is 4.79. The second kappa shape index (κ2) is 9.05. The highest BCUT2D eigenvalue weighted by Gasteiger charge is 2.37. The molecule has 5 nitrogen and oxygen atoms in total. The molecule has 0 amide bonds. The van der Waals surface area contributed by atoms with Crippen LogP contribution in [0.25, 0.3) is 0 Å². The van der Waals surface area contributed by atoms with Crippen LogP contribution in [0.1, 0.15) is 24.0 Å². The van der Waals surface area contributed by atoms with Gasteiger partial charge in [-0.05, 0) is 54.3 Å². The van der Waals surface area contributed by atoms with Crippen LogP contribution in [0.3, 0.4) is 0 Å². The lowest BCUT2D eigenvalue weighted by Crippen LogP contribution is -2.42. The highest BCUT2D eigenvalue weighted by Crippen LogP contribution is 2.38. The summed E-state index contributed by atoms with van der Waals surface area (Å²) in [5, 5.41) is 0. The number of esters is 1. The first-order valence-corrected chi connectivity index (χ1v) is 11.4. The van der Waals surface area contributed by atoms with E-state index in [0.717, 1.165) is 49.5 Å². The highest BCUT2D eigenvalue weighted by atomic mass is 16.5. The van der Waals surface area contributed by atoms with Gasteiger partial charge in [0.1, 0.15) is 12.1 Å². The minimum absolute atomic E-state index is 0.0218. The molecule has 0 spiro atoms. The zero-order chi connectivity index (χ0) is 21.9. The van der Waals surface area contributed by atoms with Crippen molar-refractivity contribution < 1.29 is 9.53 Å². The van der Waals surface area contributed by atoms with Crippen molar-refractivity contribution in [1.29, 1.82) is 0 Å². The van der Waals surface area contributed by atoms with Crippen LogP contribution < -0.4 is 10.6 Å². The van der Waals surface area contributed by atoms with E-state index in [2.05, 4.69) is 46.2 Å². The summed E-state index contributed by atoms with van der Waals surface area (Å²) in [7, 11) is 0. The Morgan fingerprint density at radius 1 is 0.906 bits per heavy atom. The fourth-order valence-corrected chi connectivity index (χ4v) is 4.79. The van der Waals surface area contributed by atoms with Gasteiger partial charge in [0.05, 0.1) is 0 Å². The number of nitrogen functional groups attached to an aromatic ring is 1. The van der Waals surface area contributed by atoms with Gasteiger partial charge in [-0.2, -0.15) is 0 Å². The minimum atomic E-state index is -0.317. The first-order chi connectivity index (χ1) is 15.7. The molecule has 0 aromatic heterocycles. The van der Waals surface area contributed by atoms with Gasteiger partial charge in [0, 0.05) is 43.1 Å². The summed E-state index contributed by atoms with van der Waals surface area (Å²) in [4.78, 5) is 17.8. The van der Waals surface area contributed by atoms with Crippen LogP contribution in [0.2, 0.25) is 0 Å². The van der Waals surface area contributed by atoms with Crippen LogP contribution in [0.5, 0.6) is 0 Å². The Bertz CT molecular complexity index is 1060. The van der Waals surface area contributed by atoms with Crippen molar-refractivity contribution in [1.82, 2.24) is 4.90 Å². The maximum absolute atomic E-state index is 13.3. The largest absolute Gasteiger partial charge is 0.461 e. The Balaban J connectivity index is 1.22. The molecule has 5 heteroatoms. The molecule has 32 heavy (non-hydrogen) atoms. The first-order valence-electron chi connectivity index (χ1n) is 11.4. The Labute approximate surface area is 189 Å². The number of anilines is 3. The number of carbonyl (C=O) groups excluding carboxylic acids is 1. The van der Waals surface area contributed by atoms with Crippen molar-refractivity contribution in [2.24, 2.45) is 0 Å². The Hall–Kier alpha value is -3.31. The quantitative estimate of drug-likeness (QED) is 0.479. The Morgan fingerprint density at radius 3 is 2.34 bits per heavy atom. The molecule has 0 bridgehead atoms. The predicted octanol–water partition coefficient (Wildman–Crippen LogP) is 4.54. The summed E-state index contributed by atoms with van der Waals surface area (Å²) in [6.45, 7) is 2.76. The second-order valence-corrected chi connectivity index (χ2v) is 8.71. The molecule has 0 aliphatic carbocycles. The lowest BCUT2D eigenvalue weighted by molar-refractivity contribution is -0.152. The van der Waals surface area contributed by atoms with Gasteiger partial charge >= 0.3 is 5.97 Å². The van der Waals surface area contributed by atoms with E-state index in [4.69, 9.17) is 10.5 Å². The average Bonchev–Trinajstić information content (AvgIpc) is 3.22. The number of rotatable bonds is 5. The van der Waals surface area contributed by atoms with Crippen molar-refractivity contribution in [3.05, 3.63) is 90.0 Å². The molecular formula is C27H29N3O2. The van der Waals surface area contributed by atoms with Gasteiger partial charge in [0.2, 0.25) is 0 Å². The number of carbonyl (C=O) groups is 1. The smallest absolute Gasteiger partial charge is 0.329 e. The van der Waals surface area contributed by atoms with E-state index in [1.54, 1.807) is 0 Å². The molecule has 1 saturated heterocycles. The van der Waals surface area contributed by atoms with Crippen LogP contribution in [-0.2, 0) is 22.5 Å². The number of hydrogen-bond donors (Lipinski definition) is 1. The molecule has 0 saturated carbocycles. The maximum Gasteiger partial charge on any atom is 0.329 e. The molecule has 164 valence electrons. The fraction of sp³-hybridized carbons (Fsp3) is 0.296. The predicted molar refractivity (Wildman–Crippen MR) is 128 cm³/mol. The Kier molecular flexibility index (Phi) is 5.82. The highest BCUT2D eigenvalue weighted by molar-refractivity contribution is 5.88. The molecule has 0 radical (unpaired) electrons. The third kappa shape index (κ3) is 4.34. The van der Waals surface area contributed by atoms with Crippen LogP contribution in [-0.4, -0.2) is 36.1 Å². The number of piperidine rings is 1. The molecule has 1 fully saturated rings. The summed E-state index contributed by atoms with van der Waals surface area (Å²) < 4.78 is 6.05. The first kappa shape index (κ1) is 20.6. The van der Waals surface area contributed by atoms with Gasteiger partial charge in [-0.15, -0.1) is 0 Å². The van der Waals surface area contributed by atoms with E-state index in [1.807, 2.05) is 42.5 Å². The van der Waals surface area contributed by atoms with Crippen molar-refractivity contribution in [2.75, 3.05) is 23.7 Å². The molecule has 2 heterocycles. The number of nitrogens with zero attached hydrogens (tertiary/aromatic N) is 2. The van der Waals surface area contributed by atoms with E-state index in [-0.39, 0.29) is 18.1 Å². The molecule has 1 atom stereocenters. The van der Waals surface area contributed by atoms with E-state index in [9.17, 15) is 4.79 Å². The molecule has 5 rings (SSSR count). The minimum Gasteiger partial charge on any atom is -0.461 e. The number of ether oxygens (including phenoxy) is 1. The van der Waals surface area contributed by atoms with Gasteiger partial charge < -0.3 is 15.4 Å². The Morgan fingerprint density at radius 2 is 1.59 bits per heavy atom. The zero-order valence-electron chi connectivity index (χ0n) is 18.2. The lowest BCUT2D eigenvalue weighted by Gasteiger charge is -2.33. The lowest BCUT2D eigenvalue weighted by atomic mass is 10.1. The topological polar surface area (TPSA) is 58.8 Å². The van der Waals surface area contributed by atoms with E-state index in [0.29, 0.717) is 6.42 Å². The number of fused-ring (bicyclic) bond motifs is 1. The van der Waals surface area contributed by atoms with Crippen LogP contribution >= 0.6 is 0 Å². The summed E-state index contributed by atoms with van der Waals surface area (Å²) in [6, 6.07) is 26.1. The van der Waals surface area contributed by atoms with Crippen LogP contribution in [0.15, 0.2) is 78.9 Å². The molecule has 3 aromatic rings. The number of benzene rings is 3. The van der Waals surface area contributed by atoms with E-state index in [1.165, 1.54) is 11.1 Å². The SMILES string of the molecule is Nc1ccc(CN2CCC(OC(=O)C3Cc4ccccc4N3c3ccccc3)CC2)cc1. The monoisotopic (exact) mass is 427 g/mol. The van der Waals surface area contributed by atoms with Crippen molar-refractivity contribution in [2.45, 2.75) is 38.0 Å². The van der Waals surface area contributed by atoms with Crippen LogP contribution in [0, 0.1) is 0 Å². The normalized spacial score (nSPS) is 19.0.